The molecular formula is C7H12N2. The van der Waals surface area contributed by atoms with Gasteiger partial charge in [-0.15, -0.1) is 0 Å². The maximum Gasteiger partial charge on any atom is 0.0628 e. The summed E-state index contributed by atoms with van der Waals surface area (Å²) in [5, 5.41) is 8.39. The van der Waals surface area contributed by atoms with Crippen LogP contribution in [0, 0.1) is 16.7 Å². The number of rotatable bonds is 2. The molecule has 1 rings (SSSR count). The molecule has 2 N–H and O–H groups in total. The predicted octanol–water partition coefficient (Wildman–Crippen LogP) is 1.03. The summed E-state index contributed by atoms with van der Waals surface area (Å²) < 4.78 is 0. The molecular weight excluding hydrogens is 112 g/mol. The Bertz CT molecular complexity index is 125. The van der Waals surface area contributed by atoms with E-state index in [4.69, 9.17) is 11.0 Å². The van der Waals surface area contributed by atoms with Gasteiger partial charge in [-0.3, -0.25) is 0 Å². The van der Waals surface area contributed by atoms with Crippen molar-refractivity contribution in [3.05, 3.63) is 0 Å². The molecule has 0 aromatic carbocycles. The molecule has 0 amide bonds. The van der Waals surface area contributed by atoms with Gasteiger partial charge in [-0.1, -0.05) is 6.42 Å². The highest BCUT2D eigenvalue weighted by molar-refractivity contribution is 4.95. The smallest absolute Gasteiger partial charge is 0.0628 e. The number of nitrogens with two attached hydrogens (primary N) is 1. The molecule has 0 radical (unpaired) electrons. The third-order valence-electron chi connectivity index (χ3n) is 2.30. The maximum absolute atomic E-state index is 8.39. The SMILES string of the molecule is N#CCC1(CN)CCC1. The van der Waals surface area contributed by atoms with Crippen LogP contribution in [0.3, 0.4) is 0 Å². The van der Waals surface area contributed by atoms with Crippen LogP contribution in [0.25, 0.3) is 0 Å². The van der Waals surface area contributed by atoms with Crippen molar-refractivity contribution < 1.29 is 0 Å². The van der Waals surface area contributed by atoms with Crippen LogP contribution in [-0.4, -0.2) is 6.54 Å². The zero-order chi connectivity index (χ0) is 6.74. The average Bonchev–Trinajstić information content (AvgIpc) is 1.79. The van der Waals surface area contributed by atoms with Crippen LogP contribution in [0.5, 0.6) is 0 Å². The van der Waals surface area contributed by atoms with Crippen LogP contribution < -0.4 is 5.73 Å². The summed E-state index contributed by atoms with van der Waals surface area (Å²) >= 11 is 0. The highest BCUT2D eigenvalue weighted by atomic mass is 14.6. The summed E-state index contributed by atoms with van der Waals surface area (Å²) in [7, 11) is 0. The van der Waals surface area contributed by atoms with Crippen LogP contribution in [0.15, 0.2) is 0 Å². The van der Waals surface area contributed by atoms with E-state index in [2.05, 4.69) is 6.07 Å². The first-order valence-electron chi connectivity index (χ1n) is 3.40. The minimum absolute atomic E-state index is 0.231. The second kappa shape index (κ2) is 2.36. The lowest BCUT2D eigenvalue weighted by atomic mass is 9.67. The first kappa shape index (κ1) is 6.57. The normalized spacial score (nSPS) is 22.2. The van der Waals surface area contributed by atoms with Gasteiger partial charge in [-0.25, -0.2) is 0 Å². The van der Waals surface area contributed by atoms with Crippen LogP contribution in [0.4, 0.5) is 0 Å². The van der Waals surface area contributed by atoms with Crippen molar-refractivity contribution in [1.82, 2.24) is 0 Å². The molecule has 2 heteroatoms. The highest BCUT2D eigenvalue weighted by Gasteiger charge is 2.34. The van der Waals surface area contributed by atoms with Crippen molar-refractivity contribution in [3.8, 4) is 6.07 Å². The van der Waals surface area contributed by atoms with E-state index in [9.17, 15) is 0 Å². The molecule has 0 unspecified atom stereocenters. The topological polar surface area (TPSA) is 49.8 Å². The van der Waals surface area contributed by atoms with Gasteiger partial charge in [0.15, 0.2) is 0 Å². The molecule has 0 spiro atoms. The van der Waals surface area contributed by atoms with E-state index in [0.717, 1.165) is 12.8 Å². The quantitative estimate of drug-likeness (QED) is 0.597. The molecule has 0 aromatic rings. The van der Waals surface area contributed by atoms with E-state index < -0.39 is 0 Å². The van der Waals surface area contributed by atoms with Gasteiger partial charge in [0.05, 0.1) is 6.07 Å². The molecule has 9 heavy (non-hydrogen) atoms. The predicted molar refractivity (Wildman–Crippen MR) is 35.6 cm³/mol. The van der Waals surface area contributed by atoms with Crippen molar-refractivity contribution in [1.29, 1.82) is 5.26 Å². The Morgan fingerprint density at radius 2 is 2.22 bits per heavy atom. The Morgan fingerprint density at radius 3 is 2.33 bits per heavy atom. The Morgan fingerprint density at radius 1 is 1.56 bits per heavy atom. The van der Waals surface area contributed by atoms with E-state index in [1.165, 1.54) is 6.42 Å². The van der Waals surface area contributed by atoms with E-state index in [1.807, 2.05) is 0 Å². The molecule has 0 saturated heterocycles. The van der Waals surface area contributed by atoms with Gasteiger partial charge in [0.1, 0.15) is 0 Å². The molecule has 1 aliphatic carbocycles. The Kier molecular flexibility index (Phi) is 1.73. The fourth-order valence-electron chi connectivity index (χ4n) is 1.30. The van der Waals surface area contributed by atoms with E-state index in [-0.39, 0.29) is 5.41 Å². The molecule has 0 aromatic heterocycles. The highest BCUT2D eigenvalue weighted by Crippen LogP contribution is 2.42. The van der Waals surface area contributed by atoms with Gasteiger partial charge in [-0.2, -0.15) is 5.26 Å². The molecule has 0 aliphatic heterocycles. The van der Waals surface area contributed by atoms with Gasteiger partial charge in [-0.05, 0) is 24.8 Å². The minimum atomic E-state index is 0.231. The molecule has 0 bridgehead atoms. The van der Waals surface area contributed by atoms with Crippen molar-refractivity contribution in [2.24, 2.45) is 11.1 Å². The number of hydrogen-bond acceptors (Lipinski definition) is 2. The van der Waals surface area contributed by atoms with Gasteiger partial charge in [0, 0.05) is 6.42 Å². The summed E-state index contributed by atoms with van der Waals surface area (Å²) in [6.07, 6.45) is 4.25. The lowest BCUT2D eigenvalue weighted by Gasteiger charge is -2.38. The van der Waals surface area contributed by atoms with Gasteiger partial charge >= 0.3 is 0 Å². The summed E-state index contributed by atoms with van der Waals surface area (Å²) in [5.74, 6) is 0. The van der Waals surface area contributed by atoms with Gasteiger partial charge in [0.25, 0.3) is 0 Å². The largest absolute Gasteiger partial charge is 0.330 e. The molecule has 1 fully saturated rings. The first-order valence-corrected chi connectivity index (χ1v) is 3.40. The van der Waals surface area contributed by atoms with Crippen LogP contribution in [-0.2, 0) is 0 Å². The van der Waals surface area contributed by atoms with Crippen molar-refractivity contribution >= 4 is 0 Å². The summed E-state index contributed by atoms with van der Waals surface area (Å²) in [6.45, 7) is 0.695. The van der Waals surface area contributed by atoms with E-state index in [1.54, 1.807) is 0 Å². The fraction of sp³-hybridized carbons (Fsp3) is 0.857. The minimum Gasteiger partial charge on any atom is -0.330 e. The molecule has 0 heterocycles. The molecule has 50 valence electrons. The van der Waals surface area contributed by atoms with Crippen LogP contribution >= 0.6 is 0 Å². The number of nitrogens with zero attached hydrogens (tertiary/aromatic N) is 1. The third-order valence-corrected chi connectivity index (χ3v) is 2.30. The van der Waals surface area contributed by atoms with Crippen molar-refractivity contribution in [2.45, 2.75) is 25.7 Å². The van der Waals surface area contributed by atoms with E-state index in [0.29, 0.717) is 13.0 Å². The Balaban J connectivity index is 2.39. The van der Waals surface area contributed by atoms with Crippen LogP contribution in [0.1, 0.15) is 25.7 Å². The zero-order valence-corrected chi connectivity index (χ0v) is 5.56. The fourth-order valence-corrected chi connectivity index (χ4v) is 1.30. The second-order valence-corrected chi connectivity index (χ2v) is 2.89. The average molecular weight is 124 g/mol. The number of nitriles is 1. The third kappa shape index (κ3) is 1.06. The Labute approximate surface area is 55.7 Å². The van der Waals surface area contributed by atoms with Crippen molar-refractivity contribution in [3.63, 3.8) is 0 Å². The maximum atomic E-state index is 8.39. The summed E-state index contributed by atoms with van der Waals surface area (Å²) in [5.41, 5.74) is 5.73. The Hall–Kier alpha value is -0.550. The van der Waals surface area contributed by atoms with Crippen molar-refractivity contribution in [2.75, 3.05) is 6.54 Å². The summed E-state index contributed by atoms with van der Waals surface area (Å²) in [4.78, 5) is 0. The van der Waals surface area contributed by atoms with Gasteiger partial charge in [0.2, 0.25) is 0 Å². The van der Waals surface area contributed by atoms with Gasteiger partial charge < -0.3 is 5.73 Å². The van der Waals surface area contributed by atoms with E-state index >= 15 is 0 Å². The standard InChI is InChI=1S/C7H12N2/c8-5-4-7(6-9)2-1-3-7/h1-4,6,9H2. The molecule has 1 saturated carbocycles. The zero-order valence-electron chi connectivity index (χ0n) is 5.56. The lowest BCUT2D eigenvalue weighted by Crippen LogP contribution is -2.36. The monoisotopic (exact) mass is 124 g/mol. The summed E-state index contributed by atoms with van der Waals surface area (Å²) in [6, 6.07) is 2.18. The molecule has 1 aliphatic rings. The second-order valence-electron chi connectivity index (χ2n) is 2.89. The number of hydrogen-bond donors (Lipinski definition) is 1. The molecule has 2 nitrogen and oxygen atoms in total. The van der Waals surface area contributed by atoms with Crippen LogP contribution in [0.2, 0.25) is 0 Å². The molecule has 0 atom stereocenters. The first-order chi connectivity index (χ1) is 4.33. The lowest BCUT2D eigenvalue weighted by molar-refractivity contribution is 0.151.